The Kier molecular flexibility index (Phi) is 4.20. The molecule has 1 aromatic heterocycles. The summed E-state index contributed by atoms with van der Waals surface area (Å²) in [5.74, 6) is -0.687. The van der Waals surface area contributed by atoms with Gasteiger partial charge in [-0.3, -0.25) is 14.9 Å². The van der Waals surface area contributed by atoms with Crippen molar-refractivity contribution in [3.63, 3.8) is 0 Å². The van der Waals surface area contributed by atoms with Crippen molar-refractivity contribution in [1.82, 2.24) is 10.3 Å². The van der Waals surface area contributed by atoms with Crippen LogP contribution in [0.25, 0.3) is 0 Å². The molecule has 8 heteroatoms. The molecule has 7 nitrogen and oxygen atoms in total. The minimum atomic E-state index is -1.11. The second-order valence-corrected chi connectivity index (χ2v) is 4.61. The van der Waals surface area contributed by atoms with Crippen LogP contribution in [0.15, 0.2) is 12.3 Å². The Balaban J connectivity index is 3.00. The molecule has 2 N–H and O–H groups in total. The first-order valence-electron chi connectivity index (χ1n) is 5.02. The lowest BCUT2D eigenvalue weighted by Gasteiger charge is -2.17. The van der Waals surface area contributed by atoms with E-state index in [9.17, 15) is 20.0 Å². The number of nitrogens with zero attached hydrogens (tertiary/aromatic N) is 2. The molecular weight excluding hydrogens is 262 g/mol. The van der Waals surface area contributed by atoms with E-state index >= 15 is 0 Å². The van der Waals surface area contributed by atoms with E-state index in [0.29, 0.717) is 0 Å². The zero-order chi connectivity index (χ0) is 13.9. The normalized spacial score (nSPS) is 11.1. The van der Waals surface area contributed by atoms with Gasteiger partial charge in [-0.05, 0) is 19.9 Å². The second-order valence-electron chi connectivity index (χ2n) is 4.25. The van der Waals surface area contributed by atoms with E-state index in [1.165, 1.54) is 26.1 Å². The minimum absolute atomic E-state index is 0.0388. The lowest BCUT2D eigenvalue weighted by molar-refractivity contribution is -0.385. The zero-order valence-electron chi connectivity index (χ0n) is 9.81. The highest BCUT2D eigenvalue weighted by Gasteiger charge is 2.25. The number of carbonyl (C=O) groups excluding carboxylic acids is 1. The third-order valence-corrected chi connectivity index (χ3v) is 2.26. The van der Waals surface area contributed by atoms with Gasteiger partial charge in [0, 0.05) is 12.7 Å². The summed E-state index contributed by atoms with van der Waals surface area (Å²) in [5, 5.41) is 22.3. The Labute approximate surface area is 108 Å². The number of hydrogen-bond donors (Lipinski definition) is 2. The summed E-state index contributed by atoms with van der Waals surface area (Å²) >= 11 is 5.58. The molecule has 0 fully saturated rings. The zero-order valence-corrected chi connectivity index (χ0v) is 10.6. The molecule has 0 saturated heterocycles. The molecule has 1 heterocycles. The van der Waals surface area contributed by atoms with Crippen molar-refractivity contribution < 1.29 is 14.8 Å². The monoisotopic (exact) mass is 273 g/mol. The fourth-order valence-corrected chi connectivity index (χ4v) is 1.40. The smallest absolute Gasteiger partial charge is 0.319 e. The number of aromatic nitrogens is 1. The molecule has 0 radical (unpaired) electrons. The van der Waals surface area contributed by atoms with Gasteiger partial charge in [0.1, 0.15) is 5.56 Å². The van der Waals surface area contributed by atoms with Crippen molar-refractivity contribution in [2.24, 2.45) is 0 Å². The average molecular weight is 274 g/mol. The summed E-state index contributed by atoms with van der Waals surface area (Å²) in [7, 11) is 0. The van der Waals surface area contributed by atoms with Crippen molar-refractivity contribution >= 4 is 23.2 Å². The largest absolute Gasteiger partial charge is 0.389 e. The molecule has 98 valence electrons. The molecule has 0 atom stereocenters. The van der Waals surface area contributed by atoms with Crippen LogP contribution < -0.4 is 5.32 Å². The van der Waals surface area contributed by atoms with Crippen LogP contribution in [0.3, 0.4) is 0 Å². The number of amides is 1. The lowest BCUT2D eigenvalue weighted by Crippen LogP contribution is -2.38. The Hall–Kier alpha value is -1.73. The molecule has 0 aliphatic rings. The summed E-state index contributed by atoms with van der Waals surface area (Å²) in [6.07, 6.45) is 1.20. The van der Waals surface area contributed by atoms with Crippen LogP contribution >= 0.6 is 11.6 Å². The number of rotatable bonds is 4. The van der Waals surface area contributed by atoms with Gasteiger partial charge < -0.3 is 10.4 Å². The van der Waals surface area contributed by atoms with Gasteiger partial charge in [-0.2, -0.15) is 0 Å². The molecule has 0 saturated carbocycles. The van der Waals surface area contributed by atoms with Crippen molar-refractivity contribution in [3.8, 4) is 0 Å². The first-order chi connectivity index (χ1) is 8.22. The van der Waals surface area contributed by atoms with E-state index in [2.05, 4.69) is 10.3 Å². The Morgan fingerprint density at radius 2 is 2.28 bits per heavy atom. The summed E-state index contributed by atoms with van der Waals surface area (Å²) in [5.41, 5.74) is -1.85. The molecule has 1 aromatic rings. The number of hydrogen-bond acceptors (Lipinski definition) is 5. The molecule has 0 unspecified atom stereocenters. The lowest BCUT2D eigenvalue weighted by atomic mass is 10.1. The average Bonchev–Trinajstić information content (AvgIpc) is 2.24. The number of nitro groups is 1. The second kappa shape index (κ2) is 5.28. The van der Waals surface area contributed by atoms with Crippen LogP contribution in [-0.4, -0.2) is 33.1 Å². The molecule has 0 aromatic carbocycles. The Bertz CT molecular complexity index is 485. The first kappa shape index (κ1) is 14.3. The third-order valence-electron chi connectivity index (χ3n) is 1.99. The standard InChI is InChI=1S/C10H12ClN3O4/c1-10(2,16)5-13-9(15)6-3-4-12-8(11)7(6)14(17)18/h3-4,16H,5H2,1-2H3,(H,13,15). The van der Waals surface area contributed by atoms with Gasteiger partial charge >= 0.3 is 5.69 Å². The van der Waals surface area contributed by atoms with Crippen LogP contribution in [0.5, 0.6) is 0 Å². The van der Waals surface area contributed by atoms with Crippen LogP contribution in [-0.2, 0) is 0 Å². The Morgan fingerprint density at radius 3 is 2.78 bits per heavy atom. The van der Waals surface area contributed by atoms with E-state index in [1.54, 1.807) is 0 Å². The van der Waals surface area contributed by atoms with Crippen LogP contribution in [0.2, 0.25) is 5.15 Å². The van der Waals surface area contributed by atoms with Gasteiger partial charge in [0.05, 0.1) is 10.5 Å². The molecule has 0 aliphatic carbocycles. The number of aliphatic hydroxyl groups is 1. The molecular formula is C10H12ClN3O4. The highest BCUT2D eigenvalue weighted by Crippen LogP contribution is 2.25. The van der Waals surface area contributed by atoms with Crippen molar-refractivity contribution in [1.29, 1.82) is 0 Å². The topological polar surface area (TPSA) is 105 Å². The predicted molar refractivity (Wildman–Crippen MR) is 64.5 cm³/mol. The van der Waals surface area contributed by atoms with Crippen LogP contribution in [0.1, 0.15) is 24.2 Å². The molecule has 0 spiro atoms. The summed E-state index contributed by atoms with van der Waals surface area (Å²) in [6, 6.07) is 1.20. The fraction of sp³-hybridized carbons (Fsp3) is 0.400. The number of carbonyl (C=O) groups is 1. The summed E-state index contributed by atoms with van der Waals surface area (Å²) in [6.45, 7) is 2.96. The maximum absolute atomic E-state index is 11.8. The van der Waals surface area contributed by atoms with Crippen LogP contribution in [0.4, 0.5) is 5.69 Å². The van der Waals surface area contributed by atoms with Gasteiger partial charge in [-0.25, -0.2) is 4.98 Å². The summed E-state index contributed by atoms with van der Waals surface area (Å²) in [4.78, 5) is 25.3. The van der Waals surface area contributed by atoms with E-state index in [4.69, 9.17) is 11.6 Å². The SMILES string of the molecule is CC(C)(O)CNC(=O)c1ccnc(Cl)c1[N+](=O)[O-]. The Morgan fingerprint density at radius 1 is 1.67 bits per heavy atom. The molecule has 0 aliphatic heterocycles. The highest BCUT2D eigenvalue weighted by molar-refractivity contribution is 6.32. The first-order valence-corrected chi connectivity index (χ1v) is 5.39. The van der Waals surface area contributed by atoms with Crippen molar-refractivity contribution in [2.75, 3.05) is 6.54 Å². The number of pyridine rings is 1. The number of nitrogens with one attached hydrogen (secondary N) is 1. The van der Waals surface area contributed by atoms with E-state index in [0.717, 1.165) is 0 Å². The van der Waals surface area contributed by atoms with E-state index in [1.807, 2.05) is 0 Å². The molecule has 18 heavy (non-hydrogen) atoms. The van der Waals surface area contributed by atoms with Gasteiger partial charge in [0.15, 0.2) is 0 Å². The molecule has 0 bridgehead atoms. The predicted octanol–water partition coefficient (Wildman–Crippen LogP) is 1.14. The third kappa shape index (κ3) is 3.64. The van der Waals surface area contributed by atoms with Crippen molar-refractivity contribution in [2.45, 2.75) is 19.4 Å². The molecule has 1 amide bonds. The fourth-order valence-electron chi connectivity index (χ4n) is 1.18. The van der Waals surface area contributed by atoms with E-state index in [-0.39, 0.29) is 17.3 Å². The van der Waals surface area contributed by atoms with Gasteiger partial charge in [-0.15, -0.1) is 0 Å². The van der Waals surface area contributed by atoms with E-state index < -0.39 is 22.1 Å². The highest BCUT2D eigenvalue weighted by atomic mass is 35.5. The van der Waals surface area contributed by atoms with Gasteiger partial charge in [0.2, 0.25) is 5.15 Å². The van der Waals surface area contributed by atoms with Crippen LogP contribution in [0, 0.1) is 10.1 Å². The maximum atomic E-state index is 11.8. The maximum Gasteiger partial charge on any atom is 0.319 e. The van der Waals surface area contributed by atoms with Gasteiger partial charge in [0.25, 0.3) is 5.91 Å². The molecule has 1 rings (SSSR count). The number of halogens is 1. The van der Waals surface area contributed by atoms with Crippen molar-refractivity contribution in [3.05, 3.63) is 33.1 Å². The summed E-state index contributed by atoms with van der Waals surface area (Å²) < 4.78 is 0. The van der Waals surface area contributed by atoms with Gasteiger partial charge in [-0.1, -0.05) is 11.6 Å². The quantitative estimate of drug-likeness (QED) is 0.486. The minimum Gasteiger partial charge on any atom is -0.389 e.